The monoisotopic (exact) mass is 370 g/mol. The lowest BCUT2D eigenvalue weighted by Crippen LogP contribution is -2.05. The first-order chi connectivity index (χ1) is 12.5. The van der Waals surface area contributed by atoms with E-state index in [1.807, 2.05) is 19.1 Å². The van der Waals surface area contributed by atoms with Gasteiger partial charge in [-0.15, -0.1) is 0 Å². The highest BCUT2D eigenvalue weighted by atomic mass is 35.5. The second kappa shape index (κ2) is 7.70. The quantitative estimate of drug-likeness (QED) is 0.483. The van der Waals surface area contributed by atoms with Crippen LogP contribution in [0.3, 0.4) is 0 Å². The van der Waals surface area contributed by atoms with Gasteiger partial charge in [-0.2, -0.15) is 5.10 Å². The van der Waals surface area contributed by atoms with Gasteiger partial charge in [0.1, 0.15) is 0 Å². The molecule has 2 aromatic heterocycles. The SMILES string of the molecule is CCc1nn2ccc(Cl)cc2c1C(=O)CCc1ccc(C(=O)OC)cc1. The van der Waals surface area contributed by atoms with Gasteiger partial charge in [0, 0.05) is 17.6 Å². The molecule has 26 heavy (non-hydrogen) atoms. The Morgan fingerprint density at radius 1 is 1.19 bits per heavy atom. The van der Waals surface area contributed by atoms with E-state index in [0.29, 0.717) is 35.4 Å². The standard InChI is InChI=1S/C20H19ClN2O3/c1-3-16-19(17-12-15(21)10-11-23(17)22-16)18(24)9-6-13-4-7-14(8-5-13)20(25)26-2/h4-5,7-8,10-12H,3,6,9H2,1-2H3. The van der Waals surface area contributed by atoms with Crippen molar-refractivity contribution >= 4 is 28.9 Å². The fourth-order valence-corrected chi connectivity index (χ4v) is 3.09. The molecule has 1 aromatic carbocycles. The van der Waals surface area contributed by atoms with Crippen LogP contribution >= 0.6 is 11.6 Å². The summed E-state index contributed by atoms with van der Waals surface area (Å²) in [7, 11) is 1.35. The van der Waals surface area contributed by atoms with Gasteiger partial charge >= 0.3 is 5.97 Å². The second-order valence-electron chi connectivity index (χ2n) is 5.96. The molecule has 0 amide bonds. The predicted octanol–water partition coefficient (Wildman–Crippen LogP) is 4.15. The van der Waals surface area contributed by atoms with Crippen LogP contribution in [0.1, 0.15) is 45.3 Å². The number of fused-ring (bicyclic) bond motifs is 1. The van der Waals surface area contributed by atoms with Crippen molar-refractivity contribution in [2.75, 3.05) is 7.11 Å². The largest absolute Gasteiger partial charge is 0.465 e. The Morgan fingerprint density at radius 3 is 2.58 bits per heavy atom. The van der Waals surface area contributed by atoms with Crippen LogP contribution in [0.2, 0.25) is 5.02 Å². The summed E-state index contributed by atoms with van der Waals surface area (Å²) in [4.78, 5) is 24.3. The number of aryl methyl sites for hydroxylation is 2. The molecule has 134 valence electrons. The number of nitrogens with zero attached hydrogens (tertiary/aromatic N) is 2. The van der Waals surface area contributed by atoms with Gasteiger partial charge in [-0.1, -0.05) is 30.7 Å². The molecule has 0 spiro atoms. The number of pyridine rings is 1. The molecule has 5 nitrogen and oxygen atoms in total. The number of carbonyl (C=O) groups excluding carboxylic acids is 2. The van der Waals surface area contributed by atoms with Gasteiger partial charge in [0.15, 0.2) is 5.78 Å². The Bertz CT molecular complexity index is 961. The molecule has 0 fully saturated rings. The zero-order chi connectivity index (χ0) is 18.7. The average Bonchev–Trinajstić information content (AvgIpc) is 3.03. The van der Waals surface area contributed by atoms with Crippen molar-refractivity contribution in [3.05, 3.63) is 70.0 Å². The number of aromatic nitrogens is 2. The lowest BCUT2D eigenvalue weighted by atomic mass is 10.00. The Morgan fingerprint density at radius 2 is 1.92 bits per heavy atom. The molecule has 3 aromatic rings. The van der Waals surface area contributed by atoms with E-state index in [4.69, 9.17) is 11.6 Å². The Balaban J connectivity index is 1.79. The van der Waals surface area contributed by atoms with Gasteiger partial charge < -0.3 is 4.74 Å². The number of hydrogen-bond acceptors (Lipinski definition) is 4. The van der Waals surface area contributed by atoms with Crippen LogP contribution in [-0.4, -0.2) is 28.5 Å². The van der Waals surface area contributed by atoms with E-state index >= 15 is 0 Å². The van der Waals surface area contributed by atoms with Gasteiger partial charge in [-0.3, -0.25) is 4.79 Å². The van der Waals surface area contributed by atoms with Crippen LogP contribution in [0.25, 0.3) is 5.52 Å². The van der Waals surface area contributed by atoms with E-state index in [0.717, 1.165) is 16.8 Å². The number of methoxy groups -OCH3 is 1. The number of benzene rings is 1. The Hall–Kier alpha value is -2.66. The average molecular weight is 371 g/mol. The first-order valence-corrected chi connectivity index (χ1v) is 8.78. The fourth-order valence-electron chi connectivity index (χ4n) is 2.93. The van der Waals surface area contributed by atoms with Crippen LogP contribution in [0.4, 0.5) is 0 Å². The number of esters is 1. The molecule has 0 bridgehead atoms. The molecule has 0 saturated heterocycles. The maximum Gasteiger partial charge on any atom is 0.337 e. The van der Waals surface area contributed by atoms with E-state index < -0.39 is 0 Å². The summed E-state index contributed by atoms with van der Waals surface area (Å²) in [5, 5.41) is 5.05. The molecular formula is C20H19ClN2O3. The lowest BCUT2D eigenvalue weighted by molar-refractivity contribution is 0.0600. The van der Waals surface area contributed by atoms with Crippen molar-refractivity contribution in [2.24, 2.45) is 0 Å². The van der Waals surface area contributed by atoms with Gasteiger partial charge in [-0.05, 0) is 42.7 Å². The number of hydrogen-bond donors (Lipinski definition) is 0. The van der Waals surface area contributed by atoms with Crippen molar-refractivity contribution in [3.8, 4) is 0 Å². The van der Waals surface area contributed by atoms with Crippen molar-refractivity contribution in [2.45, 2.75) is 26.2 Å². The topological polar surface area (TPSA) is 60.7 Å². The van der Waals surface area contributed by atoms with E-state index in [1.165, 1.54) is 7.11 Å². The minimum atomic E-state index is -0.372. The second-order valence-corrected chi connectivity index (χ2v) is 6.40. The highest BCUT2D eigenvalue weighted by Crippen LogP contribution is 2.22. The summed E-state index contributed by atoms with van der Waals surface area (Å²) in [5.74, 6) is -0.334. The molecule has 0 saturated carbocycles. The number of halogens is 1. The molecule has 0 N–H and O–H groups in total. The zero-order valence-electron chi connectivity index (χ0n) is 14.7. The third-order valence-corrected chi connectivity index (χ3v) is 4.53. The van der Waals surface area contributed by atoms with Crippen molar-refractivity contribution in [1.29, 1.82) is 0 Å². The molecule has 0 atom stereocenters. The summed E-state index contributed by atoms with van der Waals surface area (Å²) < 4.78 is 6.38. The highest BCUT2D eigenvalue weighted by molar-refractivity contribution is 6.31. The van der Waals surface area contributed by atoms with Gasteiger partial charge in [-0.25, -0.2) is 9.31 Å². The molecular weight excluding hydrogens is 352 g/mol. The van der Waals surface area contributed by atoms with Crippen molar-refractivity contribution < 1.29 is 14.3 Å². The summed E-state index contributed by atoms with van der Waals surface area (Å²) in [6, 6.07) is 10.6. The van der Waals surface area contributed by atoms with Gasteiger partial charge in [0.05, 0.1) is 29.4 Å². The number of carbonyl (C=O) groups is 2. The zero-order valence-corrected chi connectivity index (χ0v) is 15.4. The fraction of sp³-hybridized carbons (Fsp3) is 0.250. The van der Waals surface area contributed by atoms with E-state index in [2.05, 4.69) is 9.84 Å². The summed E-state index contributed by atoms with van der Waals surface area (Å²) in [6.07, 6.45) is 3.38. The van der Waals surface area contributed by atoms with Crippen molar-refractivity contribution in [1.82, 2.24) is 9.61 Å². The highest BCUT2D eigenvalue weighted by Gasteiger charge is 2.18. The number of rotatable bonds is 6. The van der Waals surface area contributed by atoms with Crippen LogP contribution in [-0.2, 0) is 17.6 Å². The van der Waals surface area contributed by atoms with E-state index in [1.54, 1.807) is 35.0 Å². The maximum absolute atomic E-state index is 12.8. The number of ether oxygens (including phenoxy) is 1. The summed E-state index contributed by atoms with van der Waals surface area (Å²) >= 11 is 6.08. The minimum Gasteiger partial charge on any atom is -0.465 e. The maximum atomic E-state index is 12.8. The third kappa shape index (κ3) is 3.63. The number of Topliss-reactive ketones (excluding diaryl/α,β-unsaturated/α-hetero) is 1. The predicted molar refractivity (Wildman–Crippen MR) is 100 cm³/mol. The third-order valence-electron chi connectivity index (χ3n) is 4.30. The molecule has 6 heteroatoms. The van der Waals surface area contributed by atoms with Crippen LogP contribution in [0, 0.1) is 0 Å². The van der Waals surface area contributed by atoms with Gasteiger partial charge in [0.2, 0.25) is 0 Å². The Kier molecular flexibility index (Phi) is 5.38. The van der Waals surface area contributed by atoms with Crippen LogP contribution in [0.15, 0.2) is 42.6 Å². The minimum absolute atomic E-state index is 0.0381. The van der Waals surface area contributed by atoms with Gasteiger partial charge in [0.25, 0.3) is 0 Å². The van der Waals surface area contributed by atoms with E-state index in [-0.39, 0.29) is 11.8 Å². The normalized spacial score (nSPS) is 10.9. The number of ketones is 1. The van der Waals surface area contributed by atoms with Crippen molar-refractivity contribution in [3.63, 3.8) is 0 Å². The van der Waals surface area contributed by atoms with Crippen LogP contribution < -0.4 is 0 Å². The lowest BCUT2D eigenvalue weighted by Gasteiger charge is -2.04. The van der Waals surface area contributed by atoms with E-state index in [9.17, 15) is 9.59 Å². The molecule has 2 heterocycles. The molecule has 0 radical (unpaired) electrons. The first kappa shape index (κ1) is 18.1. The molecule has 3 rings (SSSR count). The summed E-state index contributed by atoms with van der Waals surface area (Å²) in [6.45, 7) is 1.98. The molecule has 0 aliphatic rings. The van der Waals surface area contributed by atoms with Crippen LogP contribution in [0.5, 0.6) is 0 Å². The Labute approximate surface area is 156 Å². The molecule has 0 unspecified atom stereocenters. The first-order valence-electron chi connectivity index (χ1n) is 8.40. The molecule has 0 aliphatic carbocycles. The summed E-state index contributed by atoms with van der Waals surface area (Å²) in [5.41, 5.74) is 3.63. The smallest absolute Gasteiger partial charge is 0.337 e. The molecule has 0 aliphatic heterocycles.